The third-order valence-corrected chi connectivity index (χ3v) is 15.2. The molecule has 278 valence electrons. The fourth-order valence-corrected chi connectivity index (χ4v) is 12.7. The summed E-state index contributed by atoms with van der Waals surface area (Å²) in [5.74, 6) is -2.44. The fourth-order valence-electron chi connectivity index (χ4n) is 12.7. The first kappa shape index (κ1) is 34.1. The molecule has 0 aromatic heterocycles. The number of carbonyl (C=O) groups is 3. The van der Waals surface area contributed by atoms with Crippen molar-refractivity contribution in [1.82, 2.24) is 4.90 Å². The van der Waals surface area contributed by atoms with E-state index >= 15 is 0 Å². The molecule has 2 bridgehead atoms. The third kappa shape index (κ3) is 4.55. The van der Waals surface area contributed by atoms with Crippen LogP contribution in [0.3, 0.4) is 0 Å². The number of aliphatic hydroxyl groups excluding tert-OH is 4. The second-order valence-corrected chi connectivity index (χ2v) is 17.0. The van der Waals surface area contributed by atoms with E-state index in [1.807, 2.05) is 0 Å². The molecule has 0 aromatic rings. The molecule has 13 heteroatoms. The van der Waals surface area contributed by atoms with Crippen LogP contribution in [0.5, 0.6) is 0 Å². The summed E-state index contributed by atoms with van der Waals surface area (Å²) in [6, 6.07) is 0.322. The molecule has 0 aromatic carbocycles. The summed E-state index contributed by atoms with van der Waals surface area (Å²) >= 11 is 0. The van der Waals surface area contributed by atoms with E-state index in [1.54, 1.807) is 6.08 Å². The van der Waals surface area contributed by atoms with Crippen molar-refractivity contribution in [3.05, 3.63) is 34.6 Å². The number of aliphatic hydroxyl groups is 4. The Balaban J connectivity index is 0.939. The van der Waals surface area contributed by atoms with Gasteiger partial charge < -0.3 is 44.5 Å². The van der Waals surface area contributed by atoms with E-state index in [1.165, 1.54) is 11.1 Å². The van der Waals surface area contributed by atoms with Crippen molar-refractivity contribution in [3.63, 3.8) is 0 Å². The number of carbonyl (C=O) groups excluding carboxylic acids is 2. The Kier molecular flexibility index (Phi) is 7.98. The summed E-state index contributed by atoms with van der Waals surface area (Å²) in [4.78, 5) is 43.5. The molecule has 5 fully saturated rings. The van der Waals surface area contributed by atoms with Crippen molar-refractivity contribution in [2.45, 2.75) is 102 Å². The van der Waals surface area contributed by atoms with Gasteiger partial charge in [0, 0.05) is 36.4 Å². The SMILES string of the molecule is C[C@@H]1CN2C[C@@H]3CCC4=C5[C@H](CC4)[C@H](C(=O)OC[C@H]4O[C@@H](O[C@@H]6OC=C(C(=O)O)[C@@H]7CC=C(CO)[C@H]67)[C@H](O)[C@@H](O)[C@@H]4O)C[C@]54C(=O)[C@H]1C[C@H]2[C@]34C. The topological polar surface area (TPSA) is 193 Å². The molecule has 16 atom stereocenters. The fraction of sp³-hybridized carbons (Fsp3) is 0.763. The summed E-state index contributed by atoms with van der Waals surface area (Å²) in [5, 5.41) is 52.2. The highest BCUT2D eigenvalue weighted by Gasteiger charge is 2.76. The highest BCUT2D eigenvalue weighted by Crippen LogP contribution is 2.75. The Bertz CT molecular complexity index is 1620. The maximum absolute atomic E-state index is 14.9. The van der Waals surface area contributed by atoms with E-state index in [0.29, 0.717) is 36.2 Å². The number of nitrogens with zero attached hydrogens (tertiary/aromatic N) is 1. The third-order valence-electron chi connectivity index (χ3n) is 15.2. The number of allylic oxidation sites excluding steroid dienone is 3. The van der Waals surface area contributed by atoms with Gasteiger partial charge >= 0.3 is 11.9 Å². The lowest BCUT2D eigenvalue weighted by atomic mass is 9.45. The van der Waals surface area contributed by atoms with Gasteiger partial charge in [0.05, 0.1) is 35.7 Å². The van der Waals surface area contributed by atoms with Gasteiger partial charge in [-0.3, -0.25) is 14.5 Å². The van der Waals surface area contributed by atoms with E-state index < -0.39 is 78.7 Å². The second kappa shape index (κ2) is 11.9. The van der Waals surface area contributed by atoms with Crippen LogP contribution < -0.4 is 0 Å². The number of ether oxygens (including phenoxy) is 4. The first-order valence-corrected chi connectivity index (χ1v) is 18.8. The van der Waals surface area contributed by atoms with Gasteiger partial charge in [-0.15, -0.1) is 0 Å². The summed E-state index contributed by atoms with van der Waals surface area (Å²) < 4.78 is 23.5. The predicted molar refractivity (Wildman–Crippen MR) is 175 cm³/mol. The monoisotopic (exact) mass is 711 g/mol. The molecule has 0 unspecified atom stereocenters. The van der Waals surface area contributed by atoms with Crippen LogP contribution in [-0.2, 0) is 33.3 Å². The van der Waals surface area contributed by atoms with Crippen LogP contribution in [0.2, 0.25) is 0 Å². The van der Waals surface area contributed by atoms with Crippen molar-refractivity contribution >= 4 is 17.7 Å². The van der Waals surface area contributed by atoms with E-state index in [4.69, 9.17) is 18.9 Å². The maximum atomic E-state index is 14.9. The number of carboxylic acid groups (broad SMARTS) is 1. The quantitative estimate of drug-likeness (QED) is 0.188. The molecule has 2 saturated carbocycles. The highest BCUT2D eigenvalue weighted by atomic mass is 16.8. The number of Topliss-reactive ketones (excluding diaryl/α,β-unsaturated/α-hetero) is 1. The first-order chi connectivity index (χ1) is 24.4. The van der Waals surface area contributed by atoms with E-state index in [-0.39, 0.29) is 35.3 Å². The Labute approximate surface area is 296 Å². The minimum absolute atomic E-state index is 0.0145. The molecule has 5 aliphatic carbocycles. The average Bonchev–Trinajstić information content (AvgIpc) is 3.86. The van der Waals surface area contributed by atoms with Crippen LogP contribution in [0, 0.1) is 52.3 Å². The average molecular weight is 712 g/mol. The Morgan fingerprint density at radius 3 is 2.59 bits per heavy atom. The molecule has 3 saturated heterocycles. The van der Waals surface area contributed by atoms with Gasteiger partial charge in [0.15, 0.2) is 6.29 Å². The Hall–Kier alpha value is -2.65. The smallest absolute Gasteiger partial charge is 0.335 e. The maximum Gasteiger partial charge on any atom is 0.335 e. The zero-order valence-corrected chi connectivity index (χ0v) is 29.1. The van der Waals surface area contributed by atoms with Gasteiger partial charge in [0.2, 0.25) is 6.29 Å². The predicted octanol–water partition coefficient (Wildman–Crippen LogP) is 1.29. The van der Waals surface area contributed by atoms with Crippen molar-refractivity contribution < 1.29 is 58.9 Å². The molecule has 0 radical (unpaired) electrons. The summed E-state index contributed by atoms with van der Waals surface area (Å²) in [6.45, 7) is 5.73. The Morgan fingerprint density at radius 1 is 1.04 bits per heavy atom. The van der Waals surface area contributed by atoms with Gasteiger partial charge in [-0.2, -0.15) is 0 Å². The minimum atomic E-state index is -1.71. The number of esters is 1. The molecular weight excluding hydrogens is 662 g/mol. The number of hydrogen-bond donors (Lipinski definition) is 5. The first-order valence-electron chi connectivity index (χ1n) is 18.8. The van der Waals surface area contributed by atoms with E-state index in [0.717, 1.165) is 51.5 Å². The Morgan fingerprint density at radius 2 is 1.82 bits per heavy atom. The summed E-state index contributed by atoms with van der Waals surface area (Å²) in [5.41, 5.74) is 2.24. The van der Waals surface area contributed by atoms with Gasteiger partial charge in [0.25, 0.3) is 0 Å². The molecule has 9 rings (SSSR count). The van der Waals surface area contributed by atoms with Gasteiger partial charge in [-0.25, -0.2) is 4.79 Å². The lowest BCUT2D eigenvalue weighted by Gasteiger charge is -2.59. The lowest BCUT2D eigenvalue weighted by Crippen LogP contribution is -2.64. The zero-order chi connectivity index (χ0) is 35.7. The number of fused-ring (bicyclic) bond motifs is 2. The van der Waals surface area contributed by atoms with Crippen molar-refractivity contribution in [1.29, 1.82) is 0 Å². The second-order valence-electron chi connectivity index (χ2n) is 17.0. The van der Waals surface area contributed by atoms with Crippen LogP contribution >= 0.6 is 0 Å². The molecule has 1 spiro atoms. The van der Waals surface area contributed by atoms with Crippen LogP contribution in [0.1, 0.15) is 58.8 Å². The standard InChI is InChI=1S/C38H49NO12/c1-16-11-39-12-19-6-3-17-4-8-21-23(10-38(28(17)21)32(44)22(16)9-26(39)37(19,38)2)34(47)48-15-25-29(41)30(42)31(43)36(50-25)51-35-27-18(13-40)5-7-20(27)24(14-49-35)33(45)46/h5,14,16,19-23,25-27,29-31,35-36,40-43H,3-4,6-13,15H2,1-2H3,(H,45,46)/t16-,19+,20+,21-,22+,23-,25-,26+,27+,29-,30+,31-,35+,36+,37+,38-/m1/s1. The number of hydrogen-bond acceptors (Lipinski definition) is 12. The number of piperidine rings is 1. The van der Waals surface area contributed by atoms with Crippen molar-refractivity contribution in [2.24, 2.45) is 52.3 Å². The summed E-state index contributed by atoms with van der Waals surface area (Å²) in [7, 11) is 0. The molecule has 4 aliphatic heterocycles. The number of ketones is 1. The van der Waals surface area contributed by atoms with Gasteiger partial charge in [0.1, 0.15) is 36.8 Å². The largest absolute Gasteiger partial charge is 0.478 e. The molecule has 13 nitrogen and oxygen atoms in total. The van der Waals surface area contributed by atoms with E-state index in [9.17, 15) is 39.9 Å². The molecule has 4 heterocycles. The highest BCUT2D eigenvalue weighted by molar-refractivity contribution is 5.95. The molecular formula is C38H49NO12. The molecule has 5 N–H and O–H groups in total. The number of carboxylic acids is 1. The van der Waals surface area contributed by atoms with E-state index in [2.05, 4.69) is 18.7 Å². The minimum Gasteiger partial charge on any atom is -0.478 e. The molecule has 51 heavy (non-hydrogen) atoms. The normalized spacial score (nSPS) is 49.5. The molecule has 0 amide bonds. The van der Waals surface area contributed by atoms with Crippen molar-refractivity contribution in [3.8, 4) is 0 Å². The van der Waals surface area contributed by atoms with Crippen LogP contribution in [0.25, 0.3) is 0 Å². The number of rotatable bonds is 7. The lowest BCUT2D eigenvalue weighted by molar-refractivity contribution is -0.340. The number of aliphatic carboxylic acids is 1. The van der Waals surface area contributed by atoms with Crippen molar-refractivity contribution in [2.75, 3.05) is 26.3 Å². The van der Waals surface area contributed by atoms with Crippen LogP contribution in [0.4, 0.5) is 0 Å². The zero-order valence-electron chi connectivity index (χ0n) is 29.1. The van der Waals surface area contributed by atoms with Crippen LogP contribution in [-0.4, -0.2) is 117 Å². The van der Waals surface area contributed by atoms with Gasteiger partial charge in [-0.05, 0) is 68.3 Å². The van der Waals surface area contributed by atoms with Crippen LogP contribution in [0.15, 0.2) is 34.6 Å². The van der Waals surface area contributed by atoms with Gasteiger partial charge in [-0.1, -0.05) is 31.1 Å². The summed E-state index contributed by atoms with van der Waals surface area (Å²) in [6.07, 6.45) is -0.714. The molecule has 9 aliphatic rings.